The molecular weight excluding hydrogens is 266 g/mol. The molecule has 1 rings (SSSR count). The third-order valence-corrected chi connectivity index (χ3v) is 2.49. The summed E-state index contributed by atoms with van der Waals surface area (Å²) in [6, 6.07) is 5.12. The molecule has 0 aliphatic rings. The molecule has 0 aliphatic carbocycles. The maximum Gasteiger partial charge on any atom is 0.252 e. The van der Waals surface area contributed by atoms with E-state index in [1.165, 1.54) is 0 Å². The van der Waals surface area contributed by atoms with Crippen LogP contribution < -0.4 is 16.4 Å². The molecule has 1 aromatic rings. The molecule has 19 heavy (non-hydrogen) atoms. The molecule has 0 spiro atoms. The van der Waals surface area contributed by atoms with Gasteiger partial charge in [0.1, 0.15) is 0 Å². The van der Waals surface area contributed by atoms with Gasteiger partial charge in [0.15, 0.2) is 0 Å². The van der Waals surface area contributed by atoms with Gasteiger partial charge in [-0.3, -0.25) is 9.59 Å². The maximum atomic E-state index is 11.8. The number of anilines is 1. The number of nitrogen functional groups attached to an aromatic ring is 1. The van der Waals surface area contributed by atoms with Crippen LogP contribution in [0.15, 0.2) is 18.2 Å². The highest BCUT2D eigenvalue weighted by atomic mass is 35.5. The van der Waals surface area contributed by atoms with Crippen molar-refractivity contribution in [3.8, 4) is 0 Å². The lowest BCUT2D eigenvalue weighted by molar-refractivity contribution is -0.120. The zero-order valence-electron chi connectivity index (χ0n) is 11.2. The highest BCUT2D eigenvalue weighted by molar-refractivity contribution is 5.98. The Labute approximate surface area is 119 Å². The van der Waals surface area contributed by atoms with Gasteiger partial charge in [0.2, 0.25) is 5.91 Å². The Bertz CT molecular complexity index is 450. The number of amides is 2. The Kier molecular flexibility index (Phi) is 7.60. The number of aryl methyl sites for hydroxylation is 1. The summed E-state index contributed by atoms with van der Waals surface area (Å²) in [5.41, 5.74) is 7.48. The smallest absolute Gasteiger partial charge is 0.252 e. The van der Waals surface area contributed by atoms with Crippen molar-refractivity contribution < 1.29 is 9.59 Å². The third kappa shape index (κ3) is 5.61. The number of carbonyl (C=O) groups excluding carboxylic acids is 2. The summed E-state index contributed by atoms with van der Waals surface area (Å²) in [6.45, 7) is 4.39. The Hall–Kier alpha value is -1.75. The number of rotatable bonds is 5. The first-order valence-electron chi connectivity index (χ1n) is 5.95. The van der Waals surface area contributed by atoms with E-state index in [1.54, 1.807) is 18.2 Å². The second kappa shape index (κ2) is 8.37. The van der Waals surface area contributed by atoms with Crippen LogP contribution in [0.4, 0.5) is 5.69 Å². The lowest BCUT2D eigenvalue weighted by Gasteiger charge is -2.08. The van der Waals surface area contributed by atoms with Crippen LogP contribution in [0.2, 0.25) is 0 Å². The van der Waals surface area contributed by atoms with Crippen LogP contribution in [0.5, 0.6) is 0 Å². The minimum absolute atomic E-state index is 0. The van der Waals surface area contributed by atoms with Gasteiger partial charge in [-0.1, -0.05) is 13.0 Å². The van der Waals surface area contributed by atoms with Crippen LogP contribution in [-0.4, -0.2) is 24.9 Å². The highest BCUT2D eigenvalue weighted by Gasteiger charge is 2.10. The van der Waals surface area contributed by atoms with Gasteiger partial charge in [-0.05, 0) is 31.0 Å². The minimum Gasteiger partial charge on any atom is -0.399 e. The molecule has 106 valence electrons. The first-order chi connectivity index (χ1) is 8.54. The van der Waals surface area contributed by atoms with E-state index < -0.39 is 0 Å². The van der Waals surface area contributed by atoms with E-state index in [0.717, 1.165) is 12.0 Å². The largest absolute Gasteiger partial charge is 0.399 e. The van der Waals surface area contributed by atoms with Gasteiger partial charge in [0.25, 0.3) is 5.91 Å². The highest BCUT2D eigenvalue weighted by Crippen LogP contribution is 2.12. The van der Waals surface area contributed by atoms with Gasteiger partial charge in [-0.15, -0.1) is 12.4 Å². The van der Waals surface area contributed by atoms with Crippen molar-refractivity contribution in [2.75, 3.05) is 18.8 Å². The normalized spacial score (nSPS) is 9.37. The summed E-state index contributed by atoms with van der Waals surface area (Å²) in [5.74, 6) is -0.474. The molecule has 0 aliphatic heterocycles. The summed E-state index contributed by atoms with van der Waals surface area (Å²) in [7, 11) is 0. The topological polar surface area (TPSA) is 84.2 Å². The van der Waals surface area contributed by atoms with Crippen molar-refractivity contribution in [2.24, 2.45) is 0 Å². The van der Waals surface area contributed by atoms with E-state index in [2.05, 4.69) is 10.6 Å². The Balaban J connectivity index is 0.00000324. The molecule has 2 amide bonds. The monoisotopic (exact) mass is 285 g/mol. The molecule has 1 aromatic carbocycles. The molecule has 0 saturated carbocycles. The average molecular weight is 286 g/mol. The van der Waals surface area contributed by atoms with Gasteiger partial charge in [-0.2, -0.15) is 0 Å². The summed E-state index contributed by atoms with van der Waals surface area (Å²) >= 11 is 0. The van der Waals surface area contributed by atoms with Gasteiger partial charge in [-0.25, -0.2) is 0 Å². The quantitative estimate of drug-likeness (QED) is 0.712. The first kappa shape index (κ1) is 17.2. The zero-order chi connectivity index (χ0) is 13.5. The lowest BCUT2D eigenvalue weighted by atomic mass is 10.1. The predicted molar refractivity (Wildman–Crippen MR) is 78.5 cm³/mol. The summed E-state index contributed by atoms with van der Waals surface area (Å²) in [6.07, 6.45) is 0.869. The molecule has 0 bridgehead atoms. The Morgan fingerprint density at radius 1 is 1.26 bits per heavy atom. The molecule has 0 atom stereocenters. The standard InChI is InChI=1S/C13H19N3O2.ClH/c1-3-6-15-12(17)8-16-13(18)11-7-10(14)5-4-9(11)2;/h4-5,7H,3,6,8,14H2,1-2H3,(H,15,17)(H,16,18);1H. The molecule has 0 radical (unpaired) electrons. The lowest BCUT2D eigenvalue weighted by Crippen LogP contribution is -2.37. The van der Waals surface area contributed by atoms with Crippen LogP contribution in [0.3, 0.4) is 0 Å². The van der Waals surface area contributed by atoms with E-state index in [0.29, 0.717) is 17.8 Å². The number of nitrogens with two attached hydrogens (primary N) is 1. The molecule has 0 aromatic heterocycles. The fourth-order valence-electron chi connectivity index (χ4n) is 1.47. The van der Waals surface area contributed by atoms with Gasteiger partial charge < -0.3 is 16.4 Å². The zero-order valence-corrected chi connectivity index (χ0v) is 12.0. The molecule has 0 fully saturated rings. The molecule has 6 heteroatoms. The second-order valence-electron chi connectivity index (χ2n) is 4.11. The number of hydrogen-bond acceptors (Lipinski definition) is 3. The predicted octanol–water partition coefficient (Wildman–Crippen LogP) is 1.26. The summed E-state index contributed by atoms with van der Waals surface area (Å²) in [4.78, 5) is 23.2. The van der Waals surface area contributed by atoms with Crippen molar-refractivity contribution in [1.29, 1.82) is 0 Å². The van der Waals surface area contributed by atoms with E-state index in [1.807, 2.05) is 13.8 Å². The van der Waals surface area contributed by atoms with E-state index in [9.17, 15) is 9.59 Å². The van der Waals surface area contributed by atoms with E-state index >= 15 is 0 Å². The number of carbonyl (C=O) groups is 2. The molecule has 0 heterocycles. The number of benzene rings is 1. The number of nitrogens with one attached hydrogen (secondary N) is 2. The summed E-state index contributed by atoms with van der Waals surface area (Å²) in [5, 5.41) is 5.26. The molecule has 4 N–H and O–H groups in total. The molecule has 5 nitrogen and oxygen atoms in total. The van der Waals surface area contributed by atoms with Crippen molar-refractivity contribution in [3.05, 3.63) is 29.3 Å². The molecular formula is C13H20ClN3O2. The third-order valence-electron chi connectivity index (χ3n) is 2.49. The van der Waals surface area contributed by atoms with Crippen molar-refractivity contribution in [1.82, 2.24) is 10.6 Å². The minimum atomic E-state index is -0.286. The fraction of sp³-hybridized carbons (Fsp3) is 0.385. The van der Waals surface area contributed by atoms with Crippen molar-refractivity contribution in [3.63, 3.8) is 0 Å². The maximum absolute atomic E-state index is 11.8. The molecule has 0 saturated heterocycles. The Morgan fingerprint density at radius 3 is 2.58 bits per heavy atom. The summed E-state index contributed by atoms with van der Waals surface area (Å²) < 4.78 is 0. The second-order valence-corrected chi connectivity index (χ2v) is 4.11. The van der Waals surface area contributed by atoms with Gasteiger partial charge in [0.05, 0.1) is 6.54 Å². The van der Waals surface area contributed by atoms with Gasteiger partial charge in [0, 0.05) is 17.8 Å². The van der Waals surface area contributed by atoms with Crippen molar-refractivity contribution in [2.45, 2.75) is 20.3 Å². The SMILES string of the molecule is CCCNC(=O)CNC(=O)c1cc(N)ccc1C.Cl. The molecule has 0 unspecified atom stereocenters. The number of halogens is 1. The van der Waals surface area contributed by atoms with Crippen LogP contribution in [0, 0.1) is 6.92 Å². The van der Waals surface area contributed by atoms with Crippen LogP contribution >= 0.6 is 12.4 Å². The fourth-order valence-corrected chi connectivity index (χ4v) is 1.47. The van der Waals surface area contributed by atoms with Crippen LogP contribution in [0.25, 0.3) is 0 Å². The van der Waals surface area contributed by atoms with Gasteiger partial charge >= 0.3 is 0 Å². The van der Waals surface area contributed by atoms with E-state index in [4.69, 9.17) is 5.73 Å². The first-order valence-corrected chi connectivity index (χ1v) is 5.95. The number of hydrogen-bond donors (Lipinski definition) is 3. The van der Waals surface area contributed by atoms with Crippen LogP contribution in [0.1, 0.15) is 29.3 Å². The van der Waals surface area contributed by atoms with Crippen LogP contribution in [-0.2, 0) is 4.79 Å². The van der Waals surface area contributed by atoms with Crippen molar-refractivity contribution >= 4 is 29.9 Å². The van der Waals surface area contributed by atoms with E-state index in [-0.39, 0.29) is 30.8 Å². The average Bonchev–Trinajstić information content (AvgIpc) is 2.36. The Morgan fingerprint density at radius 2 is 1.95 bits per heavy atom.